The predicted octanol–water partition coefficient (Wildman–Crippen LogP) is 2.56. The SMILES string of the molecule is CC1CCC(CNCCC(C)S(C)=O)CC1. The van der Waals surface area contributed by atoms with Gasteiger partial charge in [-0.2, -0.15) is 0 Å². The van der Waals surface area contributed by atoms with Crippen LogP contribution >= 0.6 is 0 Å². The van der Waals surface area contributed by atoms with Gasteiger partial charge in [0, 0.05) is 22.3 Å². The molecule has 0 bridgehead atoms. The van der Waals surface area contributed by atoms with Crippen LogP contribution in [0.4, 0.5) is 0 Å². The van der Waals surface area contributed by atoms with E-state index in [4.69, 9.17) is 0 Å². The predicted molar refractivity (Wildman–Crippen MR) is 72.1 cm³/mol. The quantitative estimate of drug-likeness (QED) is 0.729. The van der Waals surface area contributed by atoms with Gasteiger partial charge in [-0.3, -0.25) is 4.21 Å². The topological polar surface area (TPSA) is 29.1 Å². The summed E-state index contributed by atoms with van der Waals surface area (Å²) >= 11 is 0. The first-order chi connectivity index (χ1) is 7.59. The Hall–Kier alpha value is 0.110. The number of hydrogen-bond acceptors (Lipinski definition) is 2. The van der Waals surface area contributed by atoms with Gasteiger partial charge in [-0.1, -0.05) is 26.7 Å². The number of nitrogens with one attached hydrogen (secondary N) is 1. The Morgan fingerprint density at radius 3 is 2.50 bits per heavy atom. The first kappa shape index (κ1) is 14.2. The fraction of sp³-hybridized carbons (Fsp3) is 1.00. The third-order valence-electron chi connectivity index (χ3n) is 3.86. The molecule has 2 atom stereocenters. The highest BCUT2D eigenvalue weighted by atomic mass is 32.2. The first-order valence-electron chi connectivity index (χ1n) is 6.62. The molecule has 0 spiro atoms. The monoisotopic (exact) mass is 245 g/mol. The van der Waals surface area contributed by atoms with Crippen molar-refractivity contribution in [3.8, 4) is 0 Å². The van der Waals surface area contributed by atoms with Crippen molar-refractivity contribution in [2.75, 3.05) is 19.3 Å². The Bertz CT molecular complexity index is 212. The lowest BCUT2D eigenvalue weighted by atomic mass is 9.83. The molecule has 96 valence electrons. The summed E-state index contributed by atoms with van der Waals surface area (Å²) in [5.41, 5.74) is 0. The van der Waals surface area contributed by atoms with E-state index in [9.17, 15) is 4.21 Å². The minimum Gasteiger partial charge on any atom is -0.316 e. The van der Waals surface area contributed by atoms with Gasteiger partial charge in [-0.05, 0) is 44.2 Å². The van der Waals surface area contributed by atoms with Crippen molar-refractivity contribution in [3.05, 3.63) is 0 Å². The van der Waals surface area contributed by atoms with Crippen LogP contribution < -0.4 is 5.32 Å². The lowest BCUT2D eigenvalue weighted by molar-refractivity contribution is 0.282. The fourth-order valence-electron chi connectivity index (χ4n) is 2.31. The molecule has 0 aromatic carbocycles. The van der Waals surface area contributed by atoms with E-state index in [0.29, 0.717) is 5.25 Å². The summed E-state index contributed by atoms with van der Waals surface area (Å²) in [6, 6.07) is 0. The van der Waals surface area contributed by atoms with Crippen LogP contribution in [0.15, 0.2) is 0 Å². The average molecular weight is 245 g/mol. The van der Waals surface area contributed by atoms with Crippen LogP contribution in [0.25, 0.3) is 0 Å². The summed E-state index contributed by atoms with van der Waals surface area (Å²) in [6.45, 7) is 6.62. The third kappa shape index (κ3) is 5.44. The van der Waals surface area contributed by atoms with Crippen LogP contribution in [0.1, 0.15) is 46.0 Å². The van der Waals surface area contributed by atoms with Crippen molar-refractivity contribution in [1.29, 1.82) is 0 Å². The summed E-state index contributed by atoms with van der Waals surface area (Å²) < 4.78 is 11.2. The zero-order chi connectivity index (χ0) is 12.0. The average Bonchev–Trinajstić information content (AvgIpc) is 2.26. The molecule has 1 N–H and O–H groups in total. The molecule has 0 aromatic heterocycles. The number of hydrogen-bond donors (Lipinski definition) is 1. The zero-order valence-corrected chi connectivity index (χ0v) is 11.8. The molecular formula is C13H27NOS. The van der Waals surface area contributed by atoms with Crippen LogP contribution in [0, 0.1) is 11.8 Å². The van der Waals surface area contributed by atoms with Crippen molar-refractivity contribution in [2.45, 2.75) is 51.2 Å². The van der Waals surface area contributed by atoms with Crippen LogP contribution in [-0.2, 0) is 10.8 Å². The van der Waals surface area contributed by atoms with Gasteiger partial charge in [0.05, 0.1) is 0 Å². The van der Waals surface area contributed by atoms with Gasteiger partial charge in [-0.15, -0.1) is 0 Å². The van der Waals surface area contributed by atoms with Gasteiger partial charge in [0.15, 0.2) is 0 Å². The van der Waals surface area contributed by atoms with Crippen molar-refractivity contribution >= 4 is 10.8 Å². The van der Waals surface area contributed by atoms with E-state index in [-0.39, 0.29) is 0 Å². The van der Waals surface area contributed by atoms with Gasteiger partial charge in [-0.25, -0.2) is 0 Å². The van der Waals surface area contributed by atoms with E-state index in [1.54, 1.807) is 6.26 Å². The van der Waals surface area contributed by atoms with Gasteiger partial charge in [0.25, 0.3) is 0 Å². The maximum atomic E-state index is 11.2. The zero-order valence-electron chi connectivity index (χ0n) is 11.0. The van der Waals surface area contributed by atoms with Crippen molar-refractivity contribution < 1.29 is 4.21 Å². The summed E-state index contributed by atoms with van der Waals surface area (Å²) in [4.78, 5) is 0. The smallest absolute Gasteiger partial charge is 0.0329 e. The lowest BCUT2D eigenvalue weighted by Gasteiger charge is -2.26. The van der Waals surface area contributed by atoms with Crippen LogP contribution in [0.3, 0.4) is 0 Å². The van der Waals surface area contributed by atoms with E-state index >= 15 is 0 Å². The van der Waals surface area contributed by atoms with E-state index in [1.807, 2.05) is 0 Å². The molecule has 16 heavy (non-hydrogen) atoms. The fourth-order valence-corrected chi connectivity index (χ4v) is 2.76. The van der Waals surface area contributed by atoms with Crippen LogP contribution in [0.5, 0.6) is 0 Å². The summed E-state index contributed by atoms with van der Waals surface area (Å²) in [5, 5.41) is 3.85. The molecule has 0 heterocycles. The van der Waals surface area contributed by atoms with Crippen molar-refractivity contribution in [2.24, 2.45) is 11.8 Å². The van der Waals surface area contributed by atoms with Gasteiger partial charge >= 0.3 is 0 Å². The first-order valence-corrected chi connectivity index (χ1v) is 8.24. The second kappa shape index (κ2) is 7.44. The molecular weight excluding hydrogens is 218 g/mol. The summed E-state index contributed by atoms with van der Waals surface area (Å²) in [6.07, 6.45) is 8.43. The second-order valence-electron chi connectivity index (χ2n) is 5.43. The minimum absolute atomic E-state index is 0.332. The van der Waals surface area contributed by atoms with Gasteiger partial charge < -0.3 is 5.32 Å². The summed E-state index contributed by atoms with van der Waals surface area (Å²) in [7, 11) is -0.663. The van der Waals surface area contributed by atoms with Gasteiger partial charge in [0.2, 0.25) is 0 Å². The maximum Gasteiger partial charge on any atom is 0.0329 e. The molecule has 1 aliphatic rings. The van der Waals surface area contributed by atoms with E-state index in [1.165, 1.54) is 25.7 Å². The second-order valence-corrected chi connectivity index (χ2v) is 7.23. The Balaban J connectivity index is 2.01. The Kier molecular flexibility index (Phi) is 6.59. The molecule has 2 nitrogen and oxygen atoms in total. The molecule has 0 aliphatic heterocycles. The highest BCUT2D eigenvalue weighted by molar-refractivity contribution is 7.84. The molecule has 0 aromatic rings. The molecule has 1 fully saturated rings. The van der Waals surface area contributed by atoms with Crippen molar-refractivity contribution in [1.82, 2.24) is 5.32 Å². The molecule has 1 aliphatic carbocycles. The molecule has 1 rings (SSSR count). The third-order valence-corrected chi connectivity index (χ3v) is 5.23. The largest absolute Gasteiger partial charge is 0.316 e. The van der Waals surface area contributed by atoms with Gasteiger partial charge in [0.1, 0.15) is 0 Å². The Morgan fingerprint density at radius 2 is 1.94 bits per heavy atom. The molecule has 3 heteroatoms. The standard InChI is InChI=1S/C13H27NOS/c1-11-4-6-13(7-5-11)10-14-9-8-12(2)16(3)15/h11-14H,4-10H2,1-3H3. The van der Waals surface area contributed by atoms with Crippen molar-refractivity contribution in [3.63, 3.8) is 0 Å². The molecule has 0 radical (unpaired) electrons. The normalized spacial score (nSPS) is 29.9. The highest BCUT2D eigenvalue weighted by Gasteiger charge is 2.17. The lowest BCUT2D eigenvalue weighted by Crippen LogP contribution is -2.28. The van der Waals surface area contributed by atoms with Crippen LogP contribution in [-0.4, -0.2) is 28.8 Å². The molecule has 0 saturated heterocycles. The van der Waals surface area contributed by atoms with E-state index in [2.05, 4.69) is 19.2 Å². The maximum absolute atomic E-state index is 11.2. The Morgan fingerprint density at radius 1 is 1.31 bits per heavy atom. The van der Waals surface area contributed by atoms with E-state index < -0.39 is 10.8 Å². The molecule has 0 amide bonds. The van der Waals surface area contributed by atoms with E-state index in [0.717, 1.165) is 31.3 Å². The minimum atomic E-state index is -0.663. The number of rotatable bonds is 6. The summed E-state index contributed by atoms with van der Waals surface area (Å²) in [5.74, 6) is 1.83. The van der Waals surface area contributed by atoms with Crippen LogP contribution in [0.2, 0.25) is 0 Å². The molecule has 2 unspecified atom stereocenters. The molecule has 1 saturated carbocycles. The Labute approximate surface area is 103 Å². The highest BCUT2D eigenvalue weighted by Crippen LogP contribution is 2.27.